The van der Waals surface area contributed by atoms with E-state index >= 15 is 0 Å². The van der Waals surface area contributed by atoms with E-state index in [2.05, 4.69) is 15.5 Å². The number of rotatable bonds is 2. The number of piperidine rings is 1. The number of ether oxygens (including phenoxy) is 1. The van der Waals surface area contributed by atoms with Crippen LogP contribution in [-0.2, 0) is 4.74 Å². The first-order chi connectivity index (χ1) is 9.87. The average Bonchev–Trinajstić information content (AvgIpc) is 2.38. The van der Waals surface area contributed by atoms with Gasteiger partial charge in [0.05, 0.1) is 17.6 Å². The Hall–Kier alpha value is -1.69. The number of nitrogens with one attached hydrogen (secondary N) is 1. The first-order valence-corrected chi connectivity index (χ1v) is 7.39. The van der Waals surface area contributed by atoms with Gasteiger partial charge in [0, 0.05) is 6.04 Å². The zero-order chi connectivity index (χ0) is 15.5. The number of carbonyl (C=O) groups is 1. The Morgan fingerprint density at radius 3 is 2.62 bits per heavy atom. The van der Waals surface area contributed by atoms with Crippen molar-refractivity contribution in [1.82, 2.24) is 15.5 Å². The van der Waals surface area contributed by atoms with Crippen molar-refractivity contribution in [1.29, 1.82) is 0 Å². The molecule has 1 aromatic heterocycles. The molecule has 1 aliphatic heterocycles. The highest BCUT2D eigenvalue weighted by molar-refractivity contribution is 5.88. The maximum Gasteiger partial charge on any atom is 0.415 e. The maximum atomic E-state index is 12.6. The smallest absolute Gasteiger partial charge is 0.415 e. The first kappa shape index (κ1) is 15.7. The predicted molar refractivity (Wildman–Crippen MR) is 81.4 cm³/mol. The van der Waals surface area contributed by atoms with Gasteiger partial charge in [-0.05, 0) is 59.7 Å². The molecule has 1 saturated heterocycles. The number of carbonyl (C=O) groups excluding carboxylic acids is 1. The topological polar surface area (TPSA) is 67.3 Å². The zero-order valence-corrected chi connectivity index (χ0v) is 13.2. The van der Waals surface area contributed by atoms with Crippen LogP contribution in [0.5, 0.6) is 0 Å². The molecule has 1 aliphatic rings. The second-order valence-electron chi connectivity index (χ2n) is 6.39. The molecule has 1 amide bonds. The van der Waals surface area contributed by atoms with Crippen LogP contribution in [0.2, 0.25) is 0 Å². The molecule has 21 heavy (non-hydrogen) atoms. The quantitative estimate of drug-likeness (QED) is 0.905. The fraction of sp³-hybridized carbons (Fsp3) is 0.667. The number of amides is 1. The standard InChI is InChI=1S/C15H24N4O2/c1-11-9-13(10-17-18-11)19(12-5-7-16-8-6-12)14(20)21-15(2,3)4/h9-10,12,16H,5-8H2,1-4H3. The van der Waals surface area contributed by atoms with E-state index in [0.29, 0.717) is 0 Å². The highest BCUT2D eigenvalue weighted by atomic mass is 16.6. The van der Waals surface area contributed by atoms with Crippen molar-refractivity contribution in [3.63, 3.8) is 0 Å². The third-order valence-corrected chi connectivity index (χ3v) is 3.30. The molecule has 1 fully saturated rings. The third kappa shape index (κ3) is 4.39. The van der Waals surface area contributed by atoms with Gasteiger partial charge in [0.15, 0.2) is 0 Å². The Balaban J connectivity index is 2.27. The van der Waals surface area contributed by atoms with Gasteiger partial charge in [-0.25, -0.2) is 4.79 Å². The lowest BCUT2D eigenvalue weighted by atomic mass is 10.0. The van der Waals surface area contributed by atoms with E-state index in [1.165, 1.54) is 0 Å². The molecule has 6 nitrogen and oxygen atoms in total. The third-order valence-electron chi connectivity index (χ3n) is 3.30. The van der Waals surface area contributed by atoms with Crippen LogP contribution in [0.3, 0.4) is 0 Å². The van der Waals surface area contributed by atoms with Gasteiger partial charge in [0.1, 0.15) is 5.60 Å². The molecule has 2 heterocycles. The number of hydrogen-bond donors (Lipinski definition) is 1. The van der Waals surface area contributed by atoms with E-state index in [-0.39, 0.29) is 12.1 Å². The van der Waals surface area contributed by atoms with Crippen LogP contribution >= 0.6 is 0 Å². The summed E-state index contributed by atoms with van der Waals surface area (Å²) in [4.78, 5) is 14.3. The molecule has 0 aromatic carbocycles. The lowest BCUT2D eigenvalue weighted by Gasteiger charge is -2.35. The van der Waals surface area contributed by atoms with Crippen molar-refractivity contribution in [3.05, 3.63) is 18.0 Å². The normalized spacial score (nSPS) is 16.6. The Bertz CT molecular complexity index is 493. The van der Waals surface area contributed by atoms with Crippen LogP contribution in [0, 0.1) is 6.92 Å². The number of anilines is 1. The van der Waals surface area contributed by atoms with E-state index < -0.39 is 5.60 Å². The van der Waals surface area contributed by atoms with Gasteiger partial charge >= 0.3 is 6.09 Å². The summed E-state index contributed by atoms with van der Waals surface area (Å²) >= 11 is 0. The van der Waals surface area contributed by atoms with E-state index in [4.69, 9.17) is 4.74 Å². The minimum absolute atomic E-state index is 0.129. The van der Waals surface area contributed by atoms with Gasteiger partial charge in [0.25, 0.3) is 0 Å². The van der Waals surface area contributed by atoms with Crippen LogP contribution in [-0.4, -0.2) is 41.0 Å². The largest absolute Gasteiger partial charge is 0.443 e. The molecule has 2 rings (SSSR count). The number of nitrogens with zero attached hydrogens (tertiary/aromatic N) is 3. The summed E-state index contributed by atoms with van der Waals surface area (Å²) in [5, 5.41) is 11.2. The fourth-order valence-corrected chi connectivity index (χ4v) is 2.43. The summed E-state index contributed by atoms with van der Waals surface area (Å²) in [7, 11) is 0. The fourth-order valence-electron chi connectivity index (χ4n) is 2.43. The number of aryl methyl sites for hydroxylation is 1. The van der Waals surface area contributed by atoms with Crippen molar-refractivity contribution < 1.29 is 9.53 Å². The molecule has 1 aromatic rings. The van der Waals surface area contributed by atoms with E-state index in [9.17, 15) is 4.79 Å². The van der Waals surface area contributed by atoms with Crippen LogP contribution in [0.25, 0.3) is 0 Å². The van der Waals surface area contributed by atoms with Crippen LogP contribution in [0.15, 0.2) is 12.3 Å². The second-order valence-corrected chi connectivity index (χ2v) is 6.39. The van der Waals surface area contributed by atoms with Crippen molar-refractivity contribution in [2.75, 3.05) is 18.0 Å². The number of hydrogen-bond acceptors (Lipinski definition) is 5. The predicted octanol–water partition coefficient (Wildman–Crippen LogP) is 2.28. The van der Waals surface area contributed by atoms with Gasteiger partial charge < -0.3 is 10.1 Å². The summed E-state index contributed by atoms with van der Waals surface area (Å²) in [6.45, 7) is 9.31. The summed E-state index contributed by atoms with van der Waals surface area (Å²) < 4.78 is 5.57. The molecular formula is C15H24N4O2. The molecular weight excluding hydrogens is 268 g/mol. The molecule has 0 bridgehead atoms. The molecule has 0 atom stereocenters. The van der Waals surface area contributed by atoms with Crippen LogP contribution in [0.1, 0.15) is 39.3 Å². The monoisotopic (exact) mass is 292 g/mol. The molecule has 0 unspecified atom stereocenters. The highest BCUT2D eigenvalue weighted by Crippen LogP contribution is 2.24. The summed E-state index contributed by atoms with van der Waals surface area (Å²) in [5.41, 5.74) is 1.02. The molecule has 0 spiro atoms. The Kier molecular flexibility index (Phi) is 4.77. The molecule has 1 N–H and O–H groups in total. The van der Waals surface area contributed by atoms with Crippen molar-refractivity contribution in [2.45, 2.75) is 52.2 Å². The highest BCUT2D eigenvalue weighted by Gasteiger charge is 2.31. The number of aromatic nitrogens is 2. The lowest BCUT2D eigenvalue weighted by Crippen LogP contribution is -2.48. The average molecular weight is 292 g/mol. The van der Waals surface area contributed by atoms with E-state index in [0.717, 1.165) is 37.3 Å². The minimum Gasteiger partial charge on any atom is -0.443 e. The van der Waals surface area contributed by atoms with Gasteiger partial charge in [-0.3, -0.25) is 4.90 Å². The van der Waals surface area contributed by atoms with E-state index in [1.54, 1.807) is 11.1 Å². The van der Waals surface area contributed by atoms with Crippen LogP contribution < -0.4 is 10.2 Å². The Morgan fingerprint density at radius 2 is 2.05 bits per heavy atom. The van der Waals surface area contributed by atoms with E-state index in [1.807, 2.05) is 33.8 Å². The second kappa shape index (κ2) is 6.39. The SMILES string of the molecule is Cc1cc(N(C(=O)OC(C)(C)C)C2CCNCC2)cnn1. The van der Waals surface area contributed by atoms with Crippen molar-refractivity contribution in [2.24, 2.45) is 0 Å². The van der Waals surface area contributed by atoms with Crippen molar-refractivity contribution >= 4 is 11.8 Å². The molecule has 6 heteroatoms. The minimum atomic E-state index is -0.516. The summed E-state index contributed by atoms with van der Waals surface area (Å²) in [6, 6.07) is 2.00. The van der Waals surface area contributed by atoms with Crippen LogP contribution in [0.4, 0.5) is 10.5 Å². The van der Waals surface area contributed by atoms with Gasteiger partial charge in [-0.1, -0.05) is 0 Å². The molecule has 0 radical (unpaired) electrons. The molecule has 116 valence electrons. The van der Waals surface area contributed by atoms with Gasteiger partial charge in [0.2, 0.25) is 0 Å². The lowest BCUT2D eigenvalue weighted by molar-refractivity contribution is 0.0559. The molecule has 0 saturated carbocycles. The maximum absolute atomic E-state index is 12.6. The summed E-state index contributed by atoms with van der Waals surface area (Å²) in [6.07, 6.45) is 3.11. The summed E-state index contributed by atoms with van der Waals surface area (Å²) in [5.74, 6) is 0. The first-order valence-electron chi connectivity index (χ1n) is 7.39. The van der Waals surface area contributed by atoms with Gasteiger partial charge in [-0.15, -0.1) is 0 Å². The Labute approximate surface area is 125 Å². The zero-order valence-electron chi connectivity index (χ0n) is 13.2. The Morgan fingerprint density at radius 1 is 1.38 bits per heavy atom. The molecule has 0 aliphatic carbocycles. The van der Waals surface area contributed by atoms with Gasteiger partial charge in [-0.2, -0.15) is 10.2 Å². The van der Waals surface area contributed by atoms with Crippen molar-refractivity contribution in [3.8, 4) is 0 Å².